The largest absolute Gasteiger partial charge is 0.385 e. The van der Waals surface area contributed by atoms with Crippen LogP contribution < -0.4 is 5.32 Å². The molecule has 0 atom stereocenters. The molecular weight excluding hydrogens is 351 g/mol. The van der Waals surface area contributed by atoms with Gasteiger partial charge in [-0.05, 0) is 42.3 Å². The van der Waals surface area contributed by atoms with Gasteiger partial charge in [-0.1, -0.05) is 12.1 Å². The Balaban J connectivity index is 1.69. The van der Waals surface area contributed by atoms with E-state index in [1.54, 1.807) is 19.2 Å². The normalized spacial score (nSPS) is 13.0. The molecule has 6 nitrogen and oxygen atoms in total. The Labute approximate surface area is 155 Å². The molecule has 0 radical (unpaired) electrons. The van der Waals surface area contributed by atoms with Crippen LogP contribution in [0.25, 0.3) is 0 Å². The first-order valence-corrected chi connectivity index (χ1v) is 8.53. The van der Waals surface area contributed by atoms with Crippen molar-refractivity contribution >= 4 is 17.7 Å². The molecule has 27 heavy (non-hydrogen) atoms. The molecule has 3 amide bonds. The van der Waals surface area contributed by atoms with E-state index >= 15 is 0 Å². The second-order valence-corrected chi connectivity index (χ2v) is 6.18. The van der Waals surface area contributed by atoms with E-state index in [2.05, 4.69) is 5.32 Å². The van der Waals surface area contributed by atoms with Gasteiger partial charge in [0.15, 0.2) is 0 Å². The summed E-state index contributed by atoms with van der Waals surface area (Å²) < 4.78 is 17.9. The first kappa shape index (κ1) is 18.7. The fraction of sp³-hybridized carbons (Fsp3) is 0.250. The van der Waals surface area contributed by atoms with Crippen molar-refractivity contribution in [1.82, 2.24) is 10.2 Å². The molecule has 140 valence electrons. The van der Waals surface area contributed by atoms with Crippen molar-refractivity contribution in [2.75, 3.05) is 20.3 Å². The van der Waals surface area contributed by atoms with Gasteiger partial charge in [0.05, 0.1) is 11.1 Å². The van der Waals surface area contributed by atoms with Gasteiger partial charge in [0, 0.05) is 32.4 Å². The molecule has 2 aromatic rings. The van der Waals surface area contributed by atoms with Crippen LogP contribution in [0.2, 0.25) is 0 Å². The number of rotatable bonds is 7. The quantitative estimate of drug-likeness (QED) is 0.600. The summed E-state index contributed by atoms with van der Waals surface area (Å²) in [6.45, 7) is 0.947. The van der Waals surface area contributed by atoms with Gasteiger partial charge in [0.25, 0.3) is 17.7 Å². The summed E-state index contributed by atoms with van der Waals surface area (Å²) in [5.41, 5.74) is 1.57. The monoisotopic (exact) mass is 370 g/mol. The molecule has 0 unspecified atom stereocenters. The molecule has 1 heterocycles. The van der Waals surface area contributed by atoms with Crippen LogP contribution in [0.5, 0.6) is 0 Å². The van der Waals surface area contributed by atoms with Crippen molar-refractivity contribution in [3.05, 3.63) is 70.5 Å². The lowest BCUT2D eigenvalue weighted by molar-refractivity contribution is 0.0638. The second-order valence-electron chi connectivity index (χ2n) is 6.18. The minimum atomic E-state index is -0.403. The maximum Gasteiger partial charge on any atom is 0.261 e. The average molecular weight is 370 g/mol. The topological polar surface area (TPSA) is 75.7 Å². The zero-order valence-electron chi connectivity index (χ0n) is 14.8. The smallest absolute Gasteiger partial charge is 0.261 e. The highest BCUT2D eigenvalue weighted by Gasteiger charge is 2.35. The standard InChI is InChI=1S/C20H19FN2O4/c1-27-10-2-9-23-19(25)16-8-5-14(11-17(16)20(23)26)18(24)22-12-13-3-6-15(21)7-4-13/h3-8,11H,2,9-10,12H2,1H3,(H,22,24). The Hall–Kier alpha value is -3.06. The Bertz CT molecular complexity index is 880. The molecule has 0 saturated heterocycles. The molecule has 1 aliphatic rings. The van der Waals surface area contributed by atoms with E-state index in [-0.39, 0.29) is 41.8 Å². The van der Waals surface area contributed by atoms with Crippen LogP contribution in [0.1, 0.15) is 43.1 Å². The number of imide groups is 1. The van der Waals surface area contributed by atoms with Gasteiger partial charge in [0.1, 0.15) is 5.82 Å². The van der Waals surface area contributed by atoms with Crippen LogP contribution in [0.3, 0.4) is 0 Å². The first-order valence-electron chi connectivity index (χ1n) is 8.53. The zero-order chi connectivity index (χ0) is 19.4. The van der Waals surface area contributed by atoms with Crippen molar-refractivity contribution in [3.63, 3.8) is 0 Å². The highest BCUT2D eigenvalue weighted by molar-refractivity contribution is 6.22. The van der Waals surface area contributed by atoms with E-state index in [1.165, 1.54) is 35.2 Å². The number of fused-ring (bicyclic) bond motifs is 1. The van der Waals surface area contributed by atoms with Crippen molar-refractivity contribution in [2.45, 2.75) is 13.0 Å². The Kier molecular flexibility index (Phi) is 5.61. The summed E-state index contributed by atoms with van der Waals surface area (Å²) in [5, 5.41) is 2.72. The third-order valence-electron chi connectivity index (χ3n) is 4.33. The summed E-state index contributed by atoms with van der Waals surface area (Å²) in [6.07, 6.45) is 0.549. The number of amides is 3. The minimum absolute atomic E-state index is 0.228. The fourth-order valence-corrected chi connectivity index (χ4v) is 2.89. The number of carbonyl (C=O) groups excluding carboxylic acids is 3. The average Bonchev–Trinajstić information content (AvgIpc) is 2.92. The summed E-state index contributed by atoms with van der Waals surface area (Å²) in [6, 6.07) is 10.3. The lowest BCUT2D eigenvalue weighted by Gasteiger charge is -2.12. The van der Waals surface area contributed by atoms with Gasteiger partial charge in [-0.15, -0.1) is 0 Å². The number of methoxy groups -OCH3 is 1. The fourth-order valence-electron chi connectivity index (χ4n) is 2.89. The van der Waals surface area contributed by atoms with E-state index in [0.29, 0.717) is 18.6 Å². The van der Waals surface area contributed by atoms with Crippen molar-refractivity contribution in [3.8, 4) is 0 Å². The Morgan fingerprint density at radius 1 is 1.07 bits per heavy atom. The summed E-state index contributed by atoms with van der Waals surface area (Å²) >= 11 is 0. The highest BCUT2D eigenvalue weighted by atomic mass is 19.1. The molecule has 1 aliphatic heterocycles. The van der Waals surface area contributed by atoms with E-state index in [9.17, 15) is 18.8 Å². The maximum atomic E-state index is 12.9. The first-order chi connectivity index (χ1) is 13.0. The van der Waals surface area contributed by atoms with Gasteiger partial charge in [-0.2, -0.15) is 0 Å². The number of carbonyl (C=O) groups is 3. The Morgan fingerprint density at radius 3 is 2.48 bits per heavy atom. The van der Waals surface area contributed by atoms with Crippen molar-refractivity contribution < 1.29 is 23.5 Å². The van der Waals surface area contributed by atoms with Crippen LogP contribution >= 0.6 is 0 Å². The number of hydrogen-bond acceptors (Lipinski definition) is 4. The predicted molar refractivity (Wildman–Crippen MR) is 95.9 cm³/mol. The zero-order valence-corrected chi connectivity index (χ0v) is 14.8. The van der Waals surface area contributed by atoms with Gasteiger partial charge < -0.3 is 10.1 Å². The van der Waals surface area contributed by atoms with Gasteiger partial charge in [-0.25, -0.2) is 4.39 Å². The lowest BCUT2D eigenvalue weighted by Crippen LogP contribution is -2.31. The van der Waals surface area contributed by atoms with Gasteiger partial charge in [-0.3, -0.25) is 19.3 Å². The molecule has 0 aliphatic carbocycles. The molecule has 3 rings (SSSR count). The van der Waals surface area contributed by atoms with Crippen LogP contribution in [0.15, 0.2) is 42.5 Å². The third kappa shape index (κ3) is 4.03. The molecule has 0 aromatic heterocycles. The molecule has 0 saturated carbocycles. The van der Waals surface area contributed by atoms with E-state index < -0.39 is 5.91 Å². The number of ether oxygens (including phenoxy) is 1. The van der Waals surface area contributed by atoms with Crippen LogP contribution in [-0.2, 0) is 11.3 Å². The molecule has 0 fully saturated rings. The second kappa shape index (κ2) is 8.09. The molecule has 1 N–H and O–H groups in total. The van der Waals surface area contributed by atoms with E-state index in [4.69, 9.17) is 4.74 Å². The summed E-state index contributed by atoms with van der Waals surface area (Å²) in [5.74, 6) is -1.48. The van der Waals surface area contributed by atoms with Crippen molar-refractivity contribution in [1.29, 1.82) is 0 Å². The van der Waals surface area contributed by atoms with Crippen LogP contribution in [-0.4, -0.2) is 42.9 Å². The van der Waals surface area contributed by atoms with Crippen LogP contribution in [0.4, 0.5) is 4.39 Å². The molecule has 7 heteroatoms. The molecule has 0 spiro atoms. The highest BCUT2D eigenvalue weighted by Crippen LogP contribution is 2.24. The van der Waals surface area contributed by atoms with E-state index in [0.717, 1.165) is 5.56 Å². The summed E-state index contributed by atoms with van der Waals surface area (Å²) in [7, 11) is 1.55. The molecular formula is C20H19FN2O4. The van der Waals surface area contributed by atoms with Gasteiger partial charge in [0.2, 0.25) is 0 Å². The summed E-state index contributed by atoms with van der Waals surface area (Å²) in [4.78, 5) is 38.4. The van der Waals surface area contributed by atoms with Crippen molar-refractivity contribution in [2.24, 2.45) is 0 Å². The lowest BCUT2D eigenvalue weighted by atomic mass is 10.1. The SMILES string of the molecule is COCCCN1C(=O)c2ccc(C(=O)NCc3ccc(F)cc3)cc2C1=O. The van der Waals surface area contributed by atoms with E-state index in [1.807, 2.05) is 0 Å². The number of nitrogens with zero attached hydrogens (tertiary/aromatic N) is 1. The number of benzene rings is 2. The number of hydrogen-bond donors (Lipinski definition) is 1. The molecule has 0 bridgehead atoms. The Morgan fingerprint density at radius 2 is 1.78 bits per heavy atom. The third-order valence-corrected chi connectivity index (χ3v) is 4.33. The maximum absolute atomic E-state index is 12.9. The van der Waals surface area contributed by atoms with Crippen LogP contribution in [0, 0.1) is 5.82 Å². The number of nitrogens with one attached hydrogen (secondary N) is 1. The molecule has 2 aromatic carbocycles. The number of halogens is 1. The predicted octanol–water partition coefficient (Wildman–Crippen LogP) is 2.39. The van der Waals surface area contributed by atoms with Gasteiger partial charge >= 0.3 is 0 Å². The minimum Gasteiger partial charge on any atom is -0.385 e.